The largest absolute Gasteiger partial charge is 0.324 e. The van der Waals surface area contributed by atoms with Gasteiger partial charge in [-0.2, -0.15) is 5.10 Å². The topological polar surface area (TPSA) is 66.5 Å². The van der Waals surface area contributed by atoms with E-state index in [4.69, 9.17) is 0 Å². The minimum absolute atomic E-state index is 0.214. The molecule has 0 spiro atoms. The van der Waals surface area contributed by atoms with Crippen LogP contribution in [0.15, 0.2) is 55.0 Å². The standard InChI is InChI=1S/C21H20FN5/c1-2-16-6-7-18(10-19(16)22)26-21-23-11-15(12-24-21)4-3-14-5-8-20-17(9-14)13-25-27-20/h5-13H,2-4H2,1H3,(H,25,27)(H,23,24,26). The Morgan fingerprint density at radius 1 is 0.963 bits per heavy atom. The maximum Gasteiger partial charge on any atom is 0.227 e. The molecule has 0 saturated carbocycles. The van der Waals surface area contributed by atoms with Gasteiger partial charge in [-0.1, -0.05) is 19.1 Å². The number of benzene rings is 2. The molecule has 27 heavy (non-hydrogen) atoms. The predicted molar refractivity (Wildman–Crippen MR) is 105 cm³/mol. The van der Waals surface area contributed by atoms with Crippen LogP contribution in [0.25, 0.3) is 10.9 Å². The van der Waals surface area contributed by atoms with Gasteiger partial charge in [-0.3, -0.25) is 5.10 Å². The summed E-state index contributed by atoms with van der Waals surface area (Å²) in [6.07, 6.45) is 7.87. The number of aromatic amines is 1. The molecule has 0 bridgehead atoms. The van der Waals surface area contributed by atoms with E-state index in [1.54, 1.807) is 6.07 Å². The van der Waals surface area contributed by atoms with Gasteiger partial charge in [0.05, 0.1) is 11.7 Å². The van der Waals surface area contributed by atoms with Crippen LogP contribution < -0.4 is 5.32 Å². The van der Waals surface area contributed by atoms with E-state index in [1.807, 2.05) is 37.6 Å². The molecule has 0 atom stereocenters. The van der Waals surface area contributed by atoms with Gasteiger partial charge in [-0.15, -0.1) is 0 Å². The first kappa shape index (κ1) is 17.1. The molecule has 6 heteroatoms. The summed E-state index contributed by atoms with van der Waals surface area (Å²) in [4.78, 5) is 8.68. The molecule has 0 aliphatic carbocycles. The minimum Gasteiger partial charge on any atom is -0.324 e. The lowest BCUT2D eigenvalue weighted by Crippen LogP contribution is -2.00. The molecular weight excluding hydrogens is 341 g/mol. The van der Waals surface area contributed by atoms with Crippen LogP contribution in [0.1, 0.15) is 23.6 Å². The highest BCUT2D eigenvalue weighted by molar-refractivity contribution is 5.78. The first-order chi connectivity index (χ1) is 13.2. The number of fused-ring (bicyclic) bond motifs is 1. The summed E-state index contributed by atoms with van der Waals surface area (Å²) in [5, 5.41) is 11.2. The zero-order valence-corrected chi connectivity index (χ0v) is 15.0. The van der Waals surface area contributed by atoms with Crippen molar-refractivity contribution in [1.29, 1.82) is 0 Å². The molecule has 4 rings (SSSR count). The molecule has 0 saturated heterocycles. The van der Waals surface area contributed by atoms with Gasteiger partial charge in [0.1, 0.15) is 5.82 Å². The number of hydrogen-bond donors (Lipinski definition) is 2. The van der Waals surface area contributed by atoms with Crippen LogP contribution in [0, 0.1) is 5.82 Å². The Bertz CT molecular complexity index is 1060. The molecule has 0 unspecified atom stereocenters. The summed E-state index contributed by atoms with van der Waals surface area (Å²) < 4.78 is 13.9. The average Bonchev–Trinajstić information content (AvgIpc) is 3.15. The molecule has 2 heterocycles. The van der Waals surface area contributed by atoms with Crippen molar-refractivity contribution in [2.24, 2.45) is 0 Å². The third-order valence-corrected chi connectivity index (χ3v) is 4.60. The number of hydrogen-bond acceptors (Lipinski definition) is 4. The highest BCUT2D eigenvalue weighted by Gasteiger charge is 2.05. The van der Waals surface area contributed by atoms with E-state index < -0.39 is 0 Å². The molecular formula is C21H20FN5. The fourth-order valence-electron chi connectivity index (χ4n) is 3.03. The Morgan fingerprint density at radius 2 is 1.78 bits per heavy atom. The lowest BCUT2D eigenvalue weighted by molar-refractivity contribution is 0.613. The van der Waals surface area contributed by atoms with Crippen LogP contribution >= 0.6 is 0 Å². The first-order valence-electron chi connectivity index (χ1n) is 8.99. The molecule has 5 nitrogen and oxygen atoms in total. The van der Waals surface area contributed by atoms with Gasteiger partial charge in [0.15, 0.2) is 0 Å². The fraction of sp³-hybridized carbons (Fsp3) is 0.190. The number of anilines is 2. The van der Waals surface area contributed by atoms with Crippen molar-refractivity contribution < 1.29 is 4.39 Å². The third-order valence-electron chi connectivity index (χ3n) is 4.60. The summed E-state index contributed by atoms with van der Waals surface area (Å²) in [5.74, 6) is 0.246. The first-order valence-corrected chi connectivity index (χ1v) is 8.99. The molecule has 2 N–H and O–H groups in total. The Kier molecular flexibility index (Phi) is 4.78. The van der Waals surface area contributed by atoms with Gasteiger partial charge in [-0.05, 0) is 60.2 Å². The van der Waals surface area contributed by atoms with Crippen LogP contribution in [0.4, 0.5) is 16.0 Å². The second kappa shape index (κ2) is 7.53. The number of nitrogens with zero attached hydrogens (tertiary/aromatic N) is 3. The quantitative estimate of drug-likeness (QED) is 0.527. The van der Waals surface area contributed by atoms with E-state index in [9.17, 15) is 4.39 Å². The Labute approximate surface area is 156 Å². The second-order valence-corrected chi connectivity index (χ2v) is 6.49. The van der Waals surface area contributed by atoms with Gasteiger partial charge in [-0.25, -0.2) is 14.4 Å². The van der Waals surface area contributed by atoms with Gasteiger partial charge in [0.25, 0.3) is 0 Å². The molecule has 0 aliphatic heterocycles. The van der Waals surface area contributed by atoms with Gasteiger partial charge >= 0.3 is 0 Å². The summed E-state index contributed by atoms with van der Waals surface area (Å²) in [6, 6.07) is 11.4. The Morgan fingerprint density at radius 3 is 2.56 bits per heavy atom. The average molecular weight is 361 g/mol. The van der Waals surface area contributed by atoms with Gasteiger partial charge in [0.2, 0.25) is 5.95 Å². The van der Waals surface area contributed by atoms with E-state index in [1.165, 1.54) is 11.6 Å². The van der Waals surface area contributed by atoms with Crippen LogP contribution in [0.3, 0.4) is 0 Å². The van der Waals surface area contributed by atoms with Crippen molar-refractivity contribution in [3.05, 3.63) is 77.5 Å². The monoisotopic (exact) mass is 361 g/mol. The maximum atomic E-state index is 13.9. The minimum atomic E-state index is -0.214. The van der Waals surface area contributed by atoms with Crippen molar-refractivity contribution in [3.63, 3.8) is 0 Å². The molecule has 4 aromatic rings. The number of halogens is 1. The van der Waals surface area contributed by atoms with E-state index in [0.717, 1.165) is 29.3 Å². The second-order valence-electron chi connectivity index (χ2n) is 6.49. The Balaban J connectivity index is 1.39. The molecule has 2 aromatic carbocycles. The zero-order valence-electron chi connectivity index (χ0n) is 15.0. The molecule has 0 amide bonds. The van der Waals surface area contributed by atoms with Crippen molar-refractivity contribution >= 4 is 22.5 Å². The number of aryl methyl sites for hydroxylation is 3. The van der Waals surface area contributed by atoms with E-state index in [0.29, 0.717) is 23.6 Å². The molecule has 0 fully saturated rings. The predicted octanol–water partition coefficient (Wildman–Crippen LogP) is 4.58. The smallest absolute Gasteiger partial charge is 0.227 e. The zero-order chi connectivity index (χ0) is 18.6. The summed E-state index contributed by atoms with van der Waals surface area (Å²) >= 11 is 0. The van der Waals surface area contributed by atoms with Crippen LogP contribution in [-0.4, -0.2) is 20.2 Å². The molecule has 0 radical (unpaired) electrons. The maximum absolute atomic E-state index is 13.9. The van der Waals surface area contributed by atoms with Crippen LogP contribution in [0.2, 0.25) is 0 Å². The summed E-state index contributed by atoms with van der Waals surface area (Å²) in [6.45, 7) is 1.93. The number of nitrogens with one attached hydrogen (secondary N) is 2. The van der Waals surface area contributed by atoms with Crippen molar-refractivity contribution in [1.82, 2.24) is 20.2 Å². The highest BCUT2D eigenvalue weighted by atomic mass is 19.1. The highest BCUT2D eigenvalue weighted by Crippen LogP contribution is 2.18. The van der Waals surface area contributed by atoms with E-state index in [-0.39, 0.29) is 5.82 Å². The lowest BCUT2D eigenvalue weighted by atomic mass is 10.1. The Hall–Kier alpha value is -3.28. The molecule has 0 aliphatic rings. The normalized spacial score (nSPS) is 11.0. The van der Waals surface area contributed by atoms with E-state index >= 15 is 0 Å². The third kappa shape index (κ3) is 3.95. The fourth-order valence-corrected chi connectivity index (χ4v) is 3.03. The molecule has 2 aromatic heterocycles. The van der Waals surface area contributed by atoms with Crippen LogP contribution in [-0.2, 0) is 19.3 Å². The van der Waals surface area contributed by atoms with Gasteiger partial charge in [0, 0.05) is 23.5 Å². The van der Waals surface area contributed by atoms with E-state index in [2.05, 4.69) is 37.6 Å². The summed E-state index contributed by atoms with van der Waals surface area (Å²) in [5.41, 5.74) is 4.69. The summed E-state index contributed by atoms with van der Waals surface area (Å²) in [7, 11) is 0. The number of rotatable bonds is 6. The lowest BCUT2D eigenvalue weighted by Gasteiger charge is -2.07. The SMILES string of the molecule is CCc1ccc(Nc2ncc(CCc3ccc4[nH]ncc4c3)cn2)cc1F. The van der Waals surface area contributed by atoms with Crippen molar-refractivity contribution in [3.8, 4) is 0 Å². The van der Waals surface area contributed by atoms with Crippen LogP contribution in [0.5, 0.6) is 0 Å². The van der Waals surface area contributed by atoms with Crippen molar-refractivity contribution in [2.75, 3.05) is 5.32 Å². The molecule has 136 valence electrons. The van der Waals surface area contributed by atoms with Gasteiger partial charge < -0.3 is 5.32 Å². The van der Waals surface area contributed by atoms with Crippen molar-refractivity contribution in [2.45, 2.75) is 26.2 Å². The number of aromatic nitrogens is 4. The number of H-pyrrole nitrogens is 1.